The fourth-order valence-corrected chi connectivity index (χ4v) is 6.37. The number of urea groups is 2. The molecule has 0 aromatic heterocycles. The van der Waals surface area contributed by atoms with Crippen molar-refractivity contribution in [1.29, 1.82) is 0 Å². The number of nitro benzene ring substituents is 1. The molecule has 6 amide bonds. The second-order valence-electron chi connectivity index (χ2n) is 11.9. The molecule has 10 N–H and O–H groups in total. The van der Waals surface area contributed by atoms with Crippen molar-refractivity contribution in [3.05, 3.63) is 97.5 Å². The Kier molecular flexibility index (Phi) is 10.1. The lowest BCUT2D eigenvalue weighted by Gasteiger charge is -2.44. The smallest absolute Gasteiger partial charge is 0.315 e. The first-order valence-corrected chi connectivity index (χ1v) is 17.0. The van der Waals surface area contributed by atoms with Crippen molar-refractivity contribution in [2.24, 2.45) is 16.1 Å². The number of nitro groups is 1. The van der Waals surface area contributed by atoms with Gasteiger partial charge in [0.1, 0.15) is 17.1 Å². The summed E-state index contributed by atoms with van der Waals surface area (Å²) < 4.78 is 0. The molecule has 2 saturated heterocycles. The highest BCUT2D eigenvalue weighted by Gasteiger charge is 2.52. The van der Waals surface area contributed by atoms with Crippen LogP contribution in [0.25, 0.3) is 0 Å². The van der Waals surface area contributed by atoms with E-state index in [1.165, 1.54) is 22.2 Å². The van der Waals surface area contributed by atoms with Crippen LogP contribution < -0.4 is 53.6 Å². The molecule has 22 nitrogen and oxygen atoms in total. The maximum absolute atomic E-state index is 14.5. The van der Waals surface area contributed by atoms with Crippen LogP contribution in [-0.4, -0.2) is 81.2 Å². The van der Waals surface area contributed by atoms with Crippen LogP contribution in [0.15, 0.2) is 76.9 Å². The number of nitrogens with zero attached hydrogens (tertiary/aromatic N) is 5. The fourth-order valence-electron chi connectivity index (χ4n) is 5.83. The highest BCUT2D eigenvalue weighted by atomic mass is 35.5. The maximum Gasteiger partial charge on any atom is 0.326 e. The number of ketones is 1. The number of hydrogen-bond acceptors (Lipinski definition) is 15. The van der Waals surface area contributed by atoms with Crippen molar-refractivity contribution < 1.29 is 28.9 Å². The van der Waals surface area contributed by atoms with Crippen molar-refractivity contribution in [3.63, 3.8) is 0 Å². The number of hydrazine groups is 2. The van der Waals surface area contributed by atoms with E-state index in [2.05, 4.69) is 63.8 Å². The van der Waals surface area contributed by atoms with Crippen LogP contribution >= 0.6 is 34.8 Å². The Hall–Kier alpha value is -6.46. The van der Waals surface area contributed by atoms with Crippen LogP contribution in [0.4, 0.5) is 26.7 Å². The van der Waals surface area contributed by atoms with E-state index in [1.54, 1.807) is 48.5 Å². The molecule has 284 valence electrons. The summed E-state index contributed by atoms with van der Waals surface area (Å²) in [6, 6.07) is 11.3. The van der Waals surface area contributed by atoms with Crippen molar-refractivity contribution >= 4 is 93.4 Å². The van der Waals surface area contributed by atoms with Gasteiger partial charge in [-0.3, -0.25) is 46.0 Å². The van der Waals surface area contributed by atoms with E-state index < -0.39 is 75.9 Å². The second-order valence-corrected chi connectivity index (χ2v) is 13.1. The lowest BCUT2D eigenvalue weighted by Crippen LogP contribution is -2.77. The van der Waals surface area contributed by atoms with Crippen LogP contribution in [0.1, 0.15) is 10.4 Å². The number of hydrazone groups is 2. The summed E-state index contributed by atoms with van der Waals surface area (Å²) >= 11 is 18.2. The molecule has 2 fully saturated rings. The molecule has 0 radical (unpaired) electrons. The zero-order valence-corrected chi connectivity index (χ0v) is 29.7. The first-order chi connectivity index (χ1) is 26.4. The van der Waals surface area contributed by atoms with Crippen LogP contribution in [0, 0.1) is 16.0 Å². The summed E-state index contributed by atoms with van der Waals surface area (Å²) in [5.41, 5.74) is 10.8. The Morgan fingerprint density at radius 1 is 0.709 bits per heavy atom. The van der Waals surface area contributed by atoms with Gasteiger partial charge in [-0.1, -0.05) is 40.9 Å². The number of carbonyl (C=O) groups is 5. The van der Waals surface area contributed by atoms with Gasteiger partial charge in [-0.15, -0.1) is 10.2 Å². The van der Waals surface area contributed by atoms with E-state index in [9.17, 15) is 34.1 Å². The average Bonchev–Trinajstić information content (AvgIpc) is 3.72. The molecule has 4 unspecified atom stereocenters. The number of fused-ring (bicyclic) bond motifs is 2. The number of amides is 6. The predicted octanol–water partition coefficient (Wildman–Crippen LogP) is 0.923. The largest absolute Gasteiger partial charge is 0.326 e. The molecule has 55 heavy (non-hydrogen) atoms. The molecule has 3 aromatic rings. The molecule has 0 saturated carbocycles. The number of halogens is 3. The molecule has 0 bridgehead atoms. The summed E-state index contributed by atoms with van der Waals surface area (Å²) in [6.45, 7) is 0. The van der Waals surface area contributed by atoms with E-state index in [4.69, 9.17) is 34.8 Å². The maximum atomic E-state index is 14.5. The van der Waals surface area contributed by atoms with Gasteiger partial charge in [0, 0.05) is 33.0 Å². The van der Waals surface area contributed by atoms with Crippen LogP contribution in [0.2, 0.25) is 15.1 Å². The molecule has 3 aromatic carbocycles. The number of rotatable bonds is 7. The van der Waals surface area contributed by atoms with Gasteiger partial charge in [0.25, 0.3) is 5.69 Å². The Morgan fingerprint density at radius 2 is 1.16 bits per heavy atom. The van der Waals surface area contributed by atoms with Gasteiger partial charge in [0.05, 0.1) is 10.8 Å². The second kappa shape index (κ2) is 15.1. The number of nitrogens with one attached hydrogen (secondary N) is 10. The lowest BCUT2D eigenvalue weighted by atomic mass is 9.83. The van der Waals surface area contributed by atoms with E-state index in [1.807, 2.05) is 0 Å². The van der Waals surface area contributed by atoms with Crippen molar-refractivity contribution in [2.75, 3.05) is 10.6 Å². The number of anilines is 2. The van der Waals surface area contributed by atoms with Gasteiger partial charge < -0.3 is 21.3 Å². The molecule has 4 atom stereocenters. The van der Waals surface area contributed by atoms with Gasteiger partial charge in [-0.05, 0) is 54.6 Å². The van der Waals surface area contributed by atoms with Crippen molar-refractivity contribution in [2.45, 2.75) is 24.7 Å². The van der Waals surface area contributed by atoms with Crippen molar-refractivity contribution in [3.8, 4) is 0 Å². The Balaban J connectivity index is 1.16. The SMILES string of the molecule is O=C(NC1=NNC2NC(=O)C(C(C(=O)c3cccc([N+](=O)[O-])c3Cl)C3NN4C(NC(=O)Nc5ccc(Cl)cc5)=NNC4NC3=O)NN12)Nc1ccc(Cl)cc1. The zero-order valence-electron chi connectivity index (χ0n) is 27.5. The number of hydrogen-bond donors (Lipinski definition) is 10. The number of guanidine groups is 2. The van der Waals surface area contributed by atoms with E-state index in [-0.39, 0.29) is 17.5 Å². The minimum Gasteiger partial charge on any atom is -0.315 e. The molecule has 25 heteroatoms. The van der Waals surface area contributed by atoms with Crippen LogP contribution in [0.5, 0.6) is 0 Å². The summed E-state index contributed by atoms with van der Waals surface area (Å²) in [7, 11) is 0. The average molecular weight is 815 g/mol. The Labute approximate surface area is 323 Å². The van der Waals surface area contributed by atoms with Gasteiger partial charge in [0.2, 0.25) is 36.3 Å². The number of Topliss-reactive ketones (excluding diaryl/α,β-unsaturated/α-hetero) is 1. The third-order valence-electron chi connectivity index (χ3n) is 8.35. The van der Waals surface area contributed by atoms with E-state index in [0.29, 0.717) is 21.4 Å². The molecule has 0 aliphatic carbocycles. The predicted molar refractivity (Wildman–Crippen MR) is 196 cm³/mol. The molecular formula is C30H26Cl3N15O7. The third kappa shape index (κ3) is 7.65. The number of carbonyl (C=O) groups excluding carboxylic acids is 5. The topological polar surface area (TPSA) is 280 Å². The standard InChI is InChI=1S/C30H26Cl3N15O7/c31-12-4-8-14(9-5-12)34-29(52)38-27-42-40-25-36-23(50)20(44-46(25)27)18(22(49)16-2-1-3-17(19(16)33)48(54)55)21-24(51)37-26-41-43-28(47(26)45-21)39-30(53)35-15-10-6-13(32)7-11-15/h1-11,18,20-21,25-26,40-41,44-45H,(H,36,50)(H,37,51)(H2,34,38,42,52)(H2,35,39,43,53). The van der Waals surface area contributed by atoms with Crippen LogP contribution in [-0.2, 0) is 9.59 Å². The minimum atomic E-state index is -1.74. The first kappa shape index (κ1) is 36.9. The van der Waals surface area contributed by atoms with Gasteiger partial charge in [-0.25, -0.2) is 30.5 Å². The normalized spacial score (nSPS) is 21.6. The lowest BCUT2D eigenvalue weighted by molar-refractivity contribution is -0.384. The molecule has 4 aliphatic heterocycles. The summed E-state index contributed by atoms with van der Waals surface area (Å²) in [6.07, 6.45) is -2.15. The molecule has 4 heterocycles. The summed E-state index contributed by atoms with van der Waals surface area (Å²) in [5, 5.41) is 38.1. The van der Waals surface area contributed by atoms with Gasteiger partial charge in [-0.2, -0.15) is 0 Å². The van der Waals surface area contributed by atoms with Crippen LogP contribution in [0.3, 0.4) is 0 Å². The first-order valence-electron chi connectivity index (χ1n) is 15.9. The quantitative estimate of drug-likeness (QED) is 0.0904. The van der Waals surface area contributed by atoms with E-state index >= 15 is 0 Å². The van der Waals surface area contributed by atoms with Gasteiger partial charge >= 0.3 is 12.1 Å². The van der Waals surface area contributed by atoms with Gasteiger partial charge in [0.15, 0.2) is 5.78 Å². The summed E-state index contributed by atoms with van der Waals surface area (Å²) in [5.74, 6) is -4.66. The van der Waals surface area contributed by atoms with E-state index in [0.717, 1.165) is 6.07 Å². The molecule has 0 spiro atoms. The Bertz CT molecular complexity index is 2040. The molecule has 4 aliphatic rings. The molecule has 7 rings (SSSR count). The fraction of sp³-hybridized carbons (Fsp3) is 0.167. The number of benzene rings is 3. The molecular weight excluding hydrogens is 789 g/mol. The Morgan fingerprint density at radius 3 is 1.60 bits per heavy atom. The minimum absolute atomic E-state index is 0.156. The zero-order chi connectivity index (χ0) is 39.0. The summed E-state index contributed by atoms with van der Waals surface area (Å²) in [4.78, 5) is 78.8. The van der Waals surface area contributed by atoms with Crippen molar-refractivity contribution in [1.82, 2.24) is 53.0 Å². The highest BCUT2D eigenvalue weighted by molar-refractivity contribution is 6.36. The monoisotopic (exact) mass is 813 g/mol. The third-order valence-corrected chi connectivity index (χ3v) is 9.25. The highest BCUT2D eigenvalue weighted by Crippen LogP contribution is 2.32.